The number of rotatable bonds is 7. The average molecular weight is 288 g/mol. The minimum absolute atomic E-state index is 0.269. The number of carbonyl (C=O) groups is 2. The van der Waals surface area contributed by atoms with E-state index in [0.29, 0.717) is 0 Å². The van der Waals surface area contributed by atoms with Crippen molar-refractivity contribution in [2.75, 3.05) is 33.4 Å². The van der Waals surface area contributed by atoms with Crippen LogP contribution in [0, 0.1) is 0 Å². The molecule has 0 aliphatic carbocycles. The first-order valence-corrected chi connectivity index (χ1v) is 5.16. The molecule has 1 unspecified atom stereocenters. The zero-order valence-electron chi connectivity index (χ0n) is 10.1. The normalized spacial score (nSPS) is 12.9. The number of carboxylic acid groups (broad SMARTS) is 1. The molecule has 0 aromatic carbocycles. The highest BCUT2D eigenvalue weighted by Gasteiger charge is 2.34. The fraction of sp³-hybridized carbons (Fsp3) is 0.778. The zero-order chi connectivity index (χ0) is 15.1. The number of hydrogen-bond acceptors (Lipinski definition) is 4. The number of aliphatic carboxylic acids is 1. The quantitative estimate of drug-likeness (QED) is 0.595. The summed E-state index contributed by atoms with van der Waals surface area (Å²) in [5, 5.41) is 19.2. The number of carboxylic acids is 1. The number of nitrogens with one attached hydrogen (secondary N) is 1. The lowest BCUT2D eigenvalue weighted by atomic mass is 10.3. The second-order valence-electron chi connectivity index (χ2n) is 3.56. The van der Waals surface area contributed by atoms with Crippen LogP contribution < -0.4 is 5.32 Å². The SMILES string of the molecule is COCC(NC(=O)N(CCO)CC(F)(F)F)C(=O)O. The number of methoxy groups -OCH3 is 1. The molecular formula is C9H15F3N2O5. The van der Waals surface area contributed by atoms with Crippen molar-refractivity contribution in [1.82, 2.24) is 10.2 Å². The molecular weight excluding hydrogens is 273 g/mol. The van der Waals surface area contributed by atoms with E-state index in [0.717, 1.165) is 0 Å². The van der Waals surface area contributed by atoms with Crippen LogP contribution in [-0.2, 0) is 9.53 Å². The highest BCUT2D eigenvalue weighted by Crippen LogP contribution is 2.16. The Kier molecular flexibility index (Phi) is 7.16. The van der Waals surface area contributed by atoms with Crippen LogP contribution in [0.5, 0.6) is 0 Å². The summed E-state index contributed by atoms with van der Waals surface area (Å²) < 4.78 is 41.1. The van der Waals surface area contributed by atoms with Gasteiger partial charge < -0.3 is 25.2 Å². The standard InChI is InChI=1S/C9H15F3N2O5/c1-19-4-6(7(16)17)13-8(18)14(2-3-15)5-9(10,11)12/h6,15H,2-5H2,1H3,(H,13,18)(H,16,17). The predicted octanol–water partition coefficient (Wildman–Crippen LogP) is -0.348. The van der Waals surface area contributed by atoms with E-state index in [4.69, 9.17) is 10.2 Å². The molecule has 0 spiro atoms. The minimum Gasteiger partial charge on any atom is -0.480 e. The Morgan fingerprint density at radius 2 is 2.00 bits per heavy atom. The van der Waals surface area contributed by atoms with Crippen LogP contribution in [0.25, 0.3) is 0 Å². The van der Waals surface area contributed by atoms with Gasteiger partial charge in [-0.3, -0.25) is 0 Å². The molecule has 3 N–H and O–H groups in total. The number of alkyl halides is 3. The highest BCUT2D eigenvalue weighted by molar-refractivity contribution is 5.82. The molecule has 0 aliphatic heterocycles. The third kappa shape index (κ3) is 7.47. The largest absolute Gasteiger partial charge is 0.480 e. The highest BCUT2D eigenvalue weighted by atomic mass is 19.4. The number of aliphatic hydroxyl groups is 1. The van der Waals surface area contributed by atoms with Crippen molar-refractivity contribution < 1.29 is 37.7 Å². The summed E-state index contributed by atoms with van der Waals surface area (Å²) in [6.07, 6.45) is -4.65. The van der Waals surface area contributed by atoms with Crippen molar-refractivity contribution in [1.29, 1.82) is 0 Å². The van der Waals surface area contributed by atoms with E-state index < -0.39 is 43.9 Å². The number of halogens is 3. The molecule has 0 rings (SSSR count). The molecule has 0 saturated carbocycles. The summed E-state index contributed by atoms with van der Waals surface area (Å²) >= 11 is 0. The van der Waals surface area contributed by atoms with E-state index in [-0.39, 0.29) is 11.5 Å². The van der Waals surface area contributed by atoms with E-state index in [1.54, 1.807) is 0 Å². The number of aliphatic hydroxyl groups excluding tert-OH is 1. The molecule has 10 heteroatoms. The van der Waals surface area contributed by atoms with E-state index >= 15 is 0 Å². The lowest BCUT2D eigenvalue weighted by Crippen LogP contribution is -2.52. The first kappa shape index (κ1) is 17.4. The van der Waals surface area contributed by atoms with Crippen molar-refractivity contribution in [3.63, 3.8) is 0 Å². The Bertz CT molecular complexity index is 311. The Balaban J connectivity index is 4.65. The van der Waals surface area contributed by atoms with Gasteiger partial charge in [-0.2, -0.15) is 13.2 Å². The van der Waals surface area contributed by atoms with E-state index in [9.17, 15) is 22.8 Å². The van der Waals surface area contributed by atoms with Gasteiger partial charge in [-0.25, -0.2) is 9.59 Å². The van der Waals surface area contributed by atoms with Crippen molar-refractivity contribution in [3.05, 3.63) is 0 Å². The molecule has 0 radical (unpaired) electrons. The monoisotopic (exact) mass is 288 g/mol. The van der Waals surface area contributed by atoms with Crippen LogP contribution in [0.3, 0.4) is 0 Å². The van der Waals surface area contributed by atoms with Gasteiger partial charge in [0, 0.05) is 13.7 Å². The summed E-state index contributed by atoms with van der Waals surface area (Å²) in [5.41, 5.74) is 0. The predicted molar refractivity (Wildman–Crippen MR) is 56.5 cm³/mol. The van der Waals surface area contributed by atoms with Gasteiger partial charge >= 0.3 is 18.2 Å². The van der Waals surface area contributed by atoms with Crippen LogP contribution in [0.4, 0.5) is 18.0 Å². The van der Waals surface area contributed by atoms with Gasteiger partial charge in [0.1, 0.15) is 6.54 Å². The van der Waals surface area contributed by atoms with Crippen molar-refractivity contribution >= 4 is 12.0 Å². The number of urea groups is 1. The van der Waals surface area contributed by atoms with Crippen LogP contribution in [0.2, 0.25) is 0 Å². The molecule has 2 amide bonds. The molecule has 1 atom stereocenters. The summed E-state index contributed by atoms with van der Waals surface area (Å²) in [5.74, 6) is -1.44. The van der Waals surface area contributed by atoms with Crippen molar-refractivity contribution in [2.24, 2.45) is 0 Å². The van der Waals surface area contributed by atoms with Gasteiger partial charge in [0.2, 0.25) is 0 Å². The Morgan fingerprint density at radius 1 is 1.42 bits per heavy atom. The zero-order valence-corrected chi connectivity index (χ0v) is 10.1. The number of carbonyl (C=O) groups excluding carboxylic acids is 1. The Labute approximate surface area is 106 Å². The third-order valence-electron chi connectivity index (χ3n) is 1.96. The van der Waals surface area contributed by atoms with E-state index in [1.807, 2.05) is 5.32 Å². The van der Waals surface area contributed by atoms with Gasteiger partial charge in [0.05, 0.1) is 13.2 Å². The number of ether oxygens (including phenoxy) is 1. The molecule has 0 aromatic heterocycles. The lowest BCUT2D eigenvalue weighted by Gasteiger charge is -2.25. The summed E-state index contributed by atoms with van der Waals surface area (Å²) in [6, 6.07) is -2.71. The molecule has 7 nitrogen and oxygen atoms in total. The van der Waals surface area contributed by atoms with Gasteiger partial charge in [-0.15, -0.1) is 0 Å². The first-order valence-electron chi connectivity index (χ1n) is 5.16. The Morgan fingerprint density at radius 3 is 2.37 bits per heavy atom. The molecule has 0 fully saturated rings. The smallest absolute Gasteiger partial charge is 0.406 e. The number of amides is 2. The minimum atomic E-state index is -4.65. The molecule has 112 valence electrons. The van der Waals surface area contributed by atoms with Gasteiger partial charge in [-0.05, 0) is 0 Å². The number of nitrogens with zero attached hydrogens (tertiary/aromatic N) is 1. The van der Waals surface area contributed by atoms with Gasteiger partial charge in [0.25, 0.3) is 0 Å². The summed E-state index contributed by atoms with van der Waals surface area (Å²) in [6.45, 7) is -3.21. The molecule has 0 aromatic rings. The van der Waals surface area contributed by atoms with Crippen LogP contribution >= 0.6 is 0 Å². The molecule has 0 heterocycles. The van der Waals surface area contributed by atoms with Crippen molar-refractivity contribution in [3.8, 4) is 0 Å². The third-order valence-corrected chi connectivity index (χ3v) is 1.96. The van der Waals surface area contributed by atoms with Gasteiger partial charge in [0.15, 0.2) is 6.04 Å². The number of hydrogen-bond donors (Lipinski definition) is 3. The topological polar surface area (TPSA) is 99.1 Å². The van der Waals surface area contributed by atoms with Gasteiger partial charge in [-0.1, -0.05) is 0 Å². The lowest BCUT2D eigenvalue weighted by molar-refractivity contribution is -0.142. The molecule has 0 aliphatic rings. The summed E-state index contributed by atoms with van der Waals surface area (Å²) in [7, 11) is 1.18. The fourth-order valence-electron chi connectivity index (χ4n) is 1.17. The maximum atomic E-state index is 12.2. The van der Waals surface area contributed by atoms with Crippen LogP contribution in [0.1, 0.15) is 0 Å². The van der Waals surface area contributed by atoms with Crippen molar-refractivity contribution in [2.45, 2.75) is 12.2 Å². The van der Waals surface area contributed by atoms with Crippen LogP contribution in [-0.4, -0.2) is 72.7 Å². The molecule has 0 saturated heterocycles. The second kappa shape index (κ2) is 7.79. The maximum absolute atomic E-state index is 12.2. The Hall–Kier alpha value is -1.55. The molecule has 19 heavy (non-hydrogen) atoms. The maximum Gasteiger partial charge on any atom is 0.406 e. The molecule has 0 bridgehead atoms. The summed E-state index contributed by atoms with van der Waals surface area (Å²) in [4.78, 5) is 22.5. The van der Waals surface area contributed by atoms with E-state index in [1.165, 1.54) is 7.11 Å². The first-order chi connectivity index (χ1) is 8.71. The van der Waals surface area contributed by atoms with Crippen LogP contribution in [0.15, 0.2) is 0 Å². The van der Waals surface area contributed by atoms with E-state index in [2.05, 4.69) is 4.74 Å². The average Bonchev–Trinajstić information content (AvgIpc) is 2.25. The fourth-order valence-corrected chi connectivity index (χ4v) is 1.17. The second-order valence-corrected chi connectivity index (χ2v) is 3.56.